The Morgan fingerprint density at radius 1 is 1.64 bits per heavy atom. The van der Waals surface area contributed by atoms with E-state index in [1.807, 2.05) is 0 Å². The van der Waals surface area contributed by atoms with Crippen LogP contribution in [0, 0.1) is 0 Å². The summed E-state index contributed by atoms with van der Waals surface area (Å²) in [4.78, 5) is 23.0. The molecule has 1 aliphatic carbocycles. The first-order chi connectivity index (χ1) is 6.72. The van der Waals surface area contributed by atoms with E-state index in [0.29, 0.717) is 5.56 Å². The van der Waals surface area contributed by atoms with Gasteiger partial charge in [0.2, 0.25) is 0 Å². The topological polar surface area (TPSA) is 43.4 Å². The quantitative estimate of drug-likeness (QED) is 0.564. The molecule has 0 amide bonds. The monoisotopic (exact) mass is 210 g/mol. The predicted octanol–water partition coefficient (Wildman–Crippen LogP) is 1.77. The molecule has 0 spiro atoms. The van der Waals surface area contributed by atoms with Gasteiger partial charge in [-0.15, -0.1) is 11.3 Å². The summed E-state index contributed by atoms with van der Waals surface area (Å²) in [6, 6.07) is 1.76. The Kier molecular flexibility index (Phi) is 2.15. The molecule has 4 heteroatoms. The normalized spacial score (nSPS) is 17.5. The molecule has 1 aromatic heterocycles. The Morgan fingerprint density at radius 2 is 2.36 bits per heavy atom. The second-order valence-electron chi connectivity index (χ2n) is 3.47. The fourth-order valence-electron chi connectivity index (χ4n) is 1.38. The first-order valence-corrected chi connectivity index (χ1v) is 5.23. The van der Waals surface area contributed by atoms with Crippen LogP contribution in [-0.4, -0.2) is 19.4 Å². The number of rotatable bonds is 3. The number of carbonyl (C=O) groups excluding carboxylic acids is 2. The lowest BCUT2D eigenvalue weighted by molar-refractivity contribution is -0.109. The summed E-state index contributed by atoms with van der Waals surface area (Å²) in [5.41, 5.74) is 0.261. The maximum Gasteiger partial charge on any atom is 0.338 e. The van der Waals surface area contributed by atoms with Gasteiger partial charge in [-0.2, -0.15) is 0 Å². The average Bonchev–Trinajstić information content (AvgIpc) is 2.87. The number of esters is 1. The van der Waals surface area contributed by atoms with Crippen LogP contribution < -0.4 is 0 Å². The van der Waals surface area contributed by atoms with Crippen molar-refractivity contribution < 1.29 is 14.3 Å². The van der Waals surface area contributed by atoms with E-state index in [1.165, 1.54) is 18.4 Å². The minimum absolute atomic E-state index is 0.281. The molecule has 0 unspecified atom stereocenters. The fraction of sp³-hybridized carbons (Fsp3) is 0.400. The Hall–Kier alpha value is -1.16. The van der Waals surface area contributed by atoms with Gasteiger partial charge in [-0.05, 0) is 18.9 Å². The second-order valence-corrected chi connectivity index (χ2v) is 4.38. The summed E-state index contributed by atoms with van der Waals surface area (Å²) in [6.45, 7) is 0. The Labute approximate surface area is 85.7 Å². The zero-order valence-corrected chi connectivity index (χ0v) is 8.60. The lowest BCUT2D eigenvalue weighted by atomic mass is 10.1. The molecule has 0 atom stereocenters. The van der Waals surface area contributed by atoms with Crippen LogP contribution in [0.4, 0.5) is 0 Å². The summed E-state index contributed by atoms with van der Waals surface area (Å²) in [6.07, 6.45) is 2.79. The Balaban J connectivity index is 2.26. The van der Waals surface area contributed by atoms with Crippen LogP contribution >= 0.6 is 11.3 Å². The van der Waals surface area contributed by atoms with Crippen molar-refractivity contribution in [2.24, 2.45) is 0 Å². The summed E-state index contributed by atoms with van der Waals surface area (Å²) in [5.74, 6) is -0.339. The fourth-order valence-corrected chi connectivity index (χ4v) is 2.48. The van der Waals surface area contributed by atoms with Crippen molar-refractivity contribution in [3.63, 3.8) is 0 Å². The SMILES string of the molecule is COC(=O)c1csc(C2(C=O)CC2)c1. The van der Waals surface area contributed by atoms with Gasteiger partial charge in [0.1, 0.15) is 6.29 Å². The lowest BCUT2D eigenvalue weighted by Crippen LogP contribution is -2.05. The predicted molar refractivity (Wildman–Crippen MR) is 52.6 cm³/mol. The van der Waals surface area contributed by atoms with Crippen LogP contribution in [-0.2, 0) is 14.9 Å². The van der Waals surface area contributed by atoms with E-state index < -0.39 is 0 Å². The van der Waals surface area contributed by atoms with Crippen molar-refractivity contribution in [3.8, 4) is 0 Å². The van der Waals surface area contributed by atoms with E-state index in [1.54, 1.807) is 11.4 Å². The molecule has 2 rings (SSSR count). The van der Waals surface area contributed by atoms with Crippen molar-refractivity contribution in [2.75, 3.05) is 7.11 Å². The van der Waals surface area contributed by atoms with Gasteiger partial charge in [0.15, 0.2) is 0 Å². The maximum absolute atomic E-state index is 11.2. The zero-order chi connectivity index (χ0) is 10.2. The van der Waals surface area contributed by atoms with Crippen LogP contribution in [0.25, 0.3) is 0 Å². The highest BCUT2D eigenvalue weighted by molar-refractivity contribution is 7.10. The van der Waals surface area contributed by atoms with Gasteiger partial charge in [-0.1, -0.05) is 0 Å². The van der Waals surface area contributed by atoms with E-state index in [-0.39, 0.29) is 11.4 Å². The van der Waals surface area contributed by atoms with E-state index >= 15 is 0 Å². The van der Waals surface area contributed by atoms with Gasteiger partial charge in [0.25, 0.3) is 0 Å². The van der Waals surface area contributed by atoms with Crippen molar-refractivity contribution in [2.45, 2.75) is 18.3 Å². The molecule has 1 aliphatic rings. The molecule has 0 radical (unpaired) electrons. The molecule has 74 valence electrons. The molecule has 14 heavy (non-hydrogen) atoms. The van der Waals surface area contributed by atoms with E-state index in [9.17, 15) is 9.59 Å². The van der Waals surface area contributed by atoms with Crippen molar-refractivity contribution >= 4 is 23.6 Å². The third-order valence-corrected chi connectivity index (χ3v) is 3.68. The highest BCUT2D eigenvalue weighted by Crippen LogP contribution is 2.48. The van der Waals surface area contributed by atoms with Gasteiger partial charge >= 0.3 is 5.97 Å². The number of thiophene rings is 1. The van der Waals surface area contributed by atoms with Gasteiger partial charge in [-0.25, -0.2) is 4.79 Å². The largest absolute Gasteiger partial charge is 0.465 e. The minimum atomic E-state index is -0.339. The van der Waals surface area contributed by atoms with E-state index in [2.05, 4.69) is 4.74 Å². The highest BCUT2D eigenvalue weighted by atomic mass is 32.1. The number of hydrogen-bond donors (Lipinski definition) is 0. The van der Waals surface area contributed by atoms with Crippen LogP contribution in [0.2, 0.25) is 0 Å². The molecule has 1 saturated carbocycles. The number of ether oxygens (including phenoxy) is 1. The van der Waals surface area contributed by atoms with Crippen LogP contribution in [0.1, 0.15) is 28.1 Å². The number of methoxy groups -OCH3 is 1. The maximum atomic E-state index is 11.2. The molecule has 3 nitrogen and oxygen atoms in total. The summed E-state index contributed by atoms with van der Waals surface area (Å²) in [7, 11) is 1.35. The summed E-state index contributed by atoms with van der Waals surface area (Å²) >= 11 is 1.46. The van der Waals surface area contributed by atoms with Gasteiger partial charge < -0.3 is 9.53 Å². The summed E-state index contributed by atoms with van der Waals surface area (Å²) < 4.78 is 4.60. The molecule has 0 saturated heterocycles. The smallest absolute Gasteiger partial charge is 0.338 e. The zero-order valence-electron chi connectivity index (χ0n) is 7.78. The van der Waals surface area contributed by atoms with Gasteiger partial charge in [-0.3, -0.25) is 0 Å². The van der Waals surface area contributed by atoms with E-state index in [0.717, 1.165) is 24.0 Å². The molecule has 0 N–H and O–H groups in total. The highest BCUT2D eigenvalue weighted by Gasteiger charge is 2.45. The van der Waals surface area contributed by atoms with Crippen molar-refractivity contribution in [1.82, 2.24) is 0 Å². The van der Waals surface area contributed by atoms with E-state index in [4.69, 9.17) is 0 Å². The van der Waals surface area contributed by atoms with Crippen LogP contribution in [0.3, 0.4) is 0 Å². The van der Waals surface area contributed by atoms with Crippen molar-refractivity contribution in [3.05, 3.63) is 21.9 Å². The number of carbonyl (C=O) groups is 2. The number of hydrogen-bond acceptors (Lipinski definition) is 4. The third kappa shape index (κ3) is 1.35. The molecular formula is C10H10O3S. The van der Waals surface area contributed by atoms with Crippen LogP contribution in [0.5, 0.6) is 0 Å². The molecule has 1 aromatic rings. The third-order valence-electron chi connectivity index (χ3n) is 2.53. The first kappa shape index (κ1) is 9.40. The second kappa shape index (κ2) is 3.20. The molecular weight excluding hydrogens is 200 g/mol. The lowest BCUT2D eigenvalue weighted by Gasteiger charge is -2.00. The standard InChI is InChI=1S/C10H10O3S/c1-13-9(12)7-4-8(14-5-7)10(6-11)2-3-10/h4-6H,2-3H2,1H3. The average molecular weight is 210 g/mol. The van der Waals surface area contributed by atoms with Crippen molar-refractivity contribution in [1.29, 1.82) is 0 Å². The van der Waals surface area contributed by atoms with Crippen LogP contribution in [0.15, 0.2) is 11.4 Å². The molecule has 1 heterocycles. The molecule has 0 aliphatic heterocycles. The van der Waals surface area contributed by atoms with Gasteiger partial charge in [0, 0.05) is 10.3 Å². The number of aldehydes is 1. The first-order valence-electron chi connectivity index (χ1n) is 4.35. The molecule has 0 bridgehead atoms. The molecule has 0 aromatic carbocycles. The minimum Gasteiger partial charge on any atom is -0.465 e. The molecule has 1 fully saturated rings. The van der Waals surface area contributed by atoms with Gasteiger partial charge in [0.05, 0.1) is 18.1 Å². The Morgan fingerprint density at radius 3 is 2.86 bits per heavy atom. The summed E-state index contributed by atoms with van der Waals surface area (Å²) in [5, 5.41) is 1.74. The Bertz CT molecular complexity index is 376.